The molecule has 8 aromatic carbocycles. The lowest BCUT2D eigenvalue weighted by Crippen LogP contribution is -2.37. The summed E-state index contributed by atoms with van der Waals surface area (Å²) in [6, 6.07) is 70.0. The van der Waals surface area contributed by atoms with Gasteiger partial charge in [-0.3, -0.25) is 0 Å². The highest BCUT2D eigenvalue weighted by Crippen LogP contribution is 2.60. The van der Waals surface area contributed by atoms with Crippen molar-refractivity contribution in [2.24, 2.45) is 0 Å². The summed E-state index contributed by atoms with van der Waals surface area (Å²) >= 11 is 0. The minimum atomic E-state index is -0.599. The molecule has 0 radical (unpaired) electrons. The van der Waals surface area contributed by atoms with Crippen LogP contribution >= 0.6 is 0 Å². The lowest BCUT2D eigenvalue weighted by atomic mass is 9.61. The highest BCUT2D eigenvalue weighted by molar-refractivity contribution is 6.12. The number of anilines is 3. The van der Waals surface area contributed by atoms with Crippen LogP contribution < -0.4 is 9.64 Å². The van der Waals surface area contributed by atoms with Gasteiger partial charge in [0.2, 0.25) is 0 Å². The SMILES string of the molecule is c1ccc(N(c2ccccc2)c2ccc(-c3ccc4c(c3)C3(c5ccccc5O4)c4ccccc4-n4c5ccccc5c5cccc3c54)cc2)cc1. The van der Waals surface area contributed by atoms with Crippen LogP contribution in [-0.4, -0.2) is 4.57 Å². The molecule has 2 aliphatic heterocycles. The van der Waals surface area contributed by atoms with Crippen molar-refractivity contribution < 1.29 is 4.74 Å². The van der Waals surface area contributed by atoms with E-state index in [1.54, 1.807) is 0 Å². The topological polar surface area (TPSA) is 17.4 Å². The number of fused-ring (bicyclic) bond motifs is 11. The Morgan fingerprint density at radius 3 is 1.77 bits per heavy atom. The van der Waals surface area contributed by atoms with E-state index >= 15 is 0 Å². The molecule has 0 fully saturated rings. The first-order valence-corrected chi connectivity index (χ1v) is 17.9. The third-order valence-electron chi connectivity index (χ3n) is 11.0. The lowest BCUT2D eigenvalue weighted by Gasteiger charge is -2.45. The summed E-state index contributed by atoms with van der Waals surface area (Å²) in [6.07, 6.45) is 0. The first kappa shape index (κ1) is 28.9. The second kappa shape index (κ2) is 11.1. The van der Waals surface area contributed by atoms with Crippen molar-refractivity contribution in [3.63, 3.8) is 0 Å². The Kier molecular flexibility index (Phi) is 6.17. The number of rotatable bonds is 4. The Hall–Kier alpha value is -6.84. The molecule has 0 saturated heterocycles. The molecule has 3 nitrogen and oxygen atoms in total. The zero-order chi connectivity index (χ0) is 34.2. The van der Waals surface area contributed by atoms with E-state index in [4.69, 9.17) is 4.74 Å². The van der Waals surface area contributed by atoms with Gasteiger partial charge in [-0.15, -0.1) is 0 Å². The zero-order valence-electron chi connectivity index (χ0n) is 28.3. The smallest absolute Gasteiger partial charge is 0.132 e. The number of benzene rings is 8. The minimum Gasteiger partial charge on any atom is -0.457 e. The third-order valence-corrected chi connectivity index (χ3v) is 11.0. The van der Waals surface area contributed by atoms with Crippen molar-refractivity contribution in [3.8, 4) is 28.3 Å². The number of para-hydroxylation sites is 6. The Bertz CT molecular complexity index is 2780. The Morgan fingerprint density at radius 2 is 0.981 bits per heavy atom. The quantitative estimate of drug-likeness (QED) is 0.186. The maximum atomic E-state index is 6.79. The summed E-state index contributed by atoms with van der Waals surface area (Å²) in [6.45, 7) is 0. The summed E-state index contributed by atoms with van der Waals surface area (Å²) in [4.78, 5) is 2.30. The predicted molar refractivity (Wildman–Crippen MR) is 213 cm³/mol. The predicted octanol–water partition coefficient (Wildman–Crippen LogP) is 12.7. The van der Waals surface area contributed by atoms with E-state index in [1.165, 1.54) is 38.6 Å². The van der Waals surface area contributed by atoms with Crippen LogP contribution in [0.1, 0.15) is 22.3 Å². The average molecular weight is 665 g/mol. The van der Waals surface area contributed by atoms with Gasteiger partial charge in [-0.2, -0.15) is 0 Å². The third kappa shape index (κ3) is 3.96. The molecule has 244 valence electrons. The fourth-order valence-electron chi connectivity index (χ4n) is 8.91. The van der Waals surface area contributed by atoms with Gasteiger partial charge in [0.1, 0.15) is 11.5 Å². The van der Waals surface area contributed by atoms with E-state index in [-0.39, 0.29) is 0 Å². The van der Waals surface area contributed by atoms with Crippen molar-refractivity contribution in [2.75, 3.05) is 4.90 Å². The first-order chi connectivity index (χ1) is 25.8. The molecular weight excluding hydrogens is 633 g/mol. The van der Waals surface area contributed by atoms with Crippen LogP contribution in [0.5, 0.6) is 11.5 Å². The molecule has 2 aliphatic rings. The van der Waals surface area contributed by atoms with Crippen LogP contribution in [-0.2, 0) is 5.41 Å². The Labute approximate surface area is 302 Å². The van der Waals surface area contributed by atoms with E-state index in [1.807, 2.05) is 0 Å². The lowest BCUT2D eigenvalue weighted by molar-refractivity contribution is 0.434. The zero-order valence-corrected chi connectivity index (χ0v) is 28.3. The van der Waals surface area contributed by atoms with E-state index in [9.17, 15) is 0 Å². The molecule has 0 bridgehead atoms. The fraction of sp³-hybridized carbons (Fsp3) is 0.0204. The van der Waals surface area contributed by atoms with Crippen LogP contribution in [0.2, 0.25) is 0 Å². The Balaban J connectivity index is 1.14. The number of hydrogen-bond acceptors (Lipinski definition) is 2. The summed E-state index contributed by atoms with van der Waals surface area (Å²) in [5.41, 5.74) is 13.6. The van der Waals surface area contributed by atoms with Gasteiger partial charge < -0.3 is 14.2 Å². The minimum absolute atomic E-state index is 0.599. The molecule has 3 heteroatoms. The van der Waals surface area contributed by atoms with E-state index in [0.29, 0.717) is 0 Å². The number of aromatic nitrogens is 1. The summed E-state index contributed by atoms with van der Waals surface area (Å²) in [5, 5.41) is 2.53. The average Bonchev–Trinajstić information content (AvgIpc) is 3.56. The van der Waals surface area contributed by atoms with Gasteiger partial charge in [-0.1, -0.05) is 127 Å². The van der Waals surface area contributed by atoms with E-state index < -0.39 is 5.41 Å². The fourth-order valence-corrected chi connectivity index (χ4v) is 8.91. The van der Waals surface area contributed by atoms with Gasteiger partial charge in [0, 0.05) is 39.0 Å². The van der Waals surface area contributed by atoms with Crippen LogP contribution in [0.15, 0.2) is 194 Å². The summed E-state index contributed by atoms with van der Waals surface area (Å²) in [7, 11) is 0. The van der Waals surface area contributed by atoms with Crippen molar-refractivity contribution in [1.29, 1.82) is 0 Å². The number of ether oxygens (including phenoxy) is 1. The highest BCUT2D eigenvalue weighted by Gasteiger charge is 2.50. The largest absolute Gasteiger partial charge is 0.457 e. The van der Waals surface area contributed by atoms with Gasteiger partial charge in [-0.05, 0) is 89.0 Å². The van der Waals surface area contributed by atoms with Crippen molar-refractivity contribution in [2.45, 2.75) is 5.41 Å². The number of hydrogen-bond donors (Lipinski definition) is 0. The molecule has 0 aliphatic carbocycles. The summed E-state index contributed by atoms with van der Waals surface area (Å²) in [5.74, 6) is 1.78. The van der Waals surface area contributed by atoms with Gasteiger partial charge in [0.15, 0.2) is 0 Å². The molecule has 0 N–H and O–H groups in total. The number of nitrogens with zero attached hydrogens (tertiary/aromatic N) is 2. The van der Waals surface area contributed by atoms with Gasteiger partial charge in [0.05, 0.1) is 22.1 Å². The van der Waals surface area contributed by atoms with Gasteiger partial charge in [-0.25, -0.2) is 0 Å². The van der Waals surface area contributed by atoms with Crippen LogP contribution in [0, 0.1) is 0 Å². The van der Waals surface area contributed by atoms with Crippen LogP contribution in [0.25, 0.3) is 38.6 Å². The molecule has 52 heavy (non-hydrogen) atoms. The van der Waals surface area contributed by atoms with Crippen LogP contribution in [0.4, 0.5) is 17.1 Å². The van der Waals surface area contributed by atoms with Crippen molar-refractivity contribution >= 4 is 38.9 Å². The molecule has 0 amide bonds. The van der Waals surface area contributed by atoms with Gasteiger partial charge in [0.25, 0.3) is 0 Å². The second-order valence-electron chi connectivity index (χ2n) is 13.7. The molecule has 11 rings (SSSR count). The first-order valence-electron chi connectivity index (χ1n) is 17.9. The molecule has 1 aromatic heterocycles. The molecule has 0 saturated carbocycles. The molecule has 1 atom stereocenters. The van der Waals surface area contributed by atoms with Crippen molar-refractivity contribution in [1.82, 2.24) is 4.57 Å². The molecule has 3 heterocycles. The molecule has 1 unspecified atom stereocenters. The van der Waals surface area contributed by atoms with Gasteiger partial charge >= 0.3 is 0 Å². The monoisotopic (exact) mass is 664 g/mol. The van der Waals surface area contributed by atoms with Crippen LogP contribution in [0.3, 0.4) is 0 Å². The molecule has 9 aromatic rings. The Morgan fingerprint density at radius 1 is 0.404 bits per heavy atom. The summed E-state index contributed by atoms with van der Waals surface area (Å²) < 4.78 is 9.27. The van der Waals surface area contributed by atoms with E-state index in [2.05, 4.69) is 204 Å². The van der Waals surface area contributed by atoms with Crippen molar-refractivity contribution in [3.05, 3.63) is 216 Å². The maximum Gasteiger partial charge on any atom is 0.132 e. The molecular formula is C49H32N2O. The normalized spacial score (nSPS) is 15.2. The second-order valence-corrected chi connectivity index (χ2v) is 13.7. The standard InChI is InChI=1S/C49H32N2O/c1-3-14-35(15-4-1)50(36-16-5-2-6-17-36)37-29-26-33(27-30-37)34-28-31-47-43(32-34)49(41-21-9-12-25-46(41)52-47)40-20-8-11-24-45(40)51-44-23-10-7-18-38(44)39-19-13-22-42(49)48(39)51/h1-32H. The highest BCUT2D eigenvalue weighted by atomic mass is 16.5. The molecule has 1 spiro atoms. The maximum absolute atomic E-state index is 6.79. The van der Waals surface area contributed by atoms with E-state index in [0.717, 1.165) is 50.8 Å².